The molecule has 0 amide bonds. The van der Waals surface area contributed by atoms with Gasteiger partial charge in [0.1, 0.15) is 11.2 Å². The molecule has 0 bridgehead atoms. The molecule has 1 heterocycles. The summed E-state index contributed by atoms with van der Waals surface area (Å²) in [6.45, 7) is 0. The first-order valence-corrected chi connectivity index (χ1v) is 6.36. The highest BCUT2D eigenvalue weighted by atomic mass is 35.5. The molecule has 0 aliphatic heterocycles. The molecule has 0 radical (unpaired) electrons. The van der Waals surface area contributed by atoms with Crippen molar-refractivity contribution in [1.82, 2.24) is 0 Å². The van der Waals surface area contributed by atoms with Crippen LogP contribution in [0.25, 0.3) is 21.9 Å². The lowest BCUT2D eigenvalue weighted by Crippen LogP contribution is -1.86. The number of benzene rings is 2. The van der Waals surface area contributed by atoms with Gasteiger partial charge >= 0.3 is 0 Å². The topological polar surface area (TPSA) is 50.4 Å². The van der Waals surface area contributed by atoms with Crippen molar-refractivity contribution < 1.29 is 13.2 Å². The van der Waals surface area contributed by atoms with Crippen LogP contribution in [-0.4, -0.2) is 8.76 Å². The summed E-state index contributed by atoms with van der Waals surface area (Å²) in [7, 11) is 0. The normalized spacial score (nSPS) is 13.3. The van der Waals surface area contributed by atoms with Gasteiger partial charge in [0.2, 0.25) is 0 Å². The van der Waals surface area contributed by atoms with E-state index in [1.165, 1.54) is 0 Å². The molecule has 1 atom stereocenters. The third-order valence-electron chi connectivity index (χ3n) is 2.61. The van der Waals surface area contributed by atoms with Gasteiger partial charge in [-0.15, -0.1) is 0 Å². The van der Waals surface area contributed by atoms with Crippen molar-refractivity contribution in [2.24, 2.45) is 0 Å². The van der Waals surface area contributed by atoms with Crippen LogP contribution in [0.1, 0.15) is 0 Å². The van der Waals surface area contributed by atoms with Gasteiger partial charge in [0, 0.05) is 21.9 Å². The number of furan rings is 1. The molecule has 1 N–H and O–H groups in total. The van der Waals surface area contributed by atoms with Gasteiger partial charge in [-0.05, 0) is 30.3 Å². The molecule has 3 rings (SSSR count). The van der Waals surface area contributed by atoms with Gasteiger partial charge in [-0.1, -0.05) is 11.6 Å². The Balaban J connectivity index is 2.38. The van der Waals surface area contributed by atoms with E-state index < -0.39 is 11.1 Å². The molecule has 3 nitrogen and oxygen atoms in total. The second-order valence-electron chi connectivity index (χ2n) is 3.65. The maximum Gasteiger partial charge on any atom is 0.186 e. The quantitative estimate of drug-likeness (QED) is 0.681. The molecule has 2 aromatic carbocycles. The van der Waals surface area contributed by atoms with E-state index in [1.54, 1.807) is 30.3 Å². The standard InChI is InChI=1S/C12H7ClO3S/c13-7-1-3-9-10-4-2-8(17(14)15)6-12(10)16-11(9)5-7/h1-6H,(H,14,15). The predicted octanol–water partition coefficient (Wildman–Crippen LogP) is 3.82. The van der Waals surface area contributed by atoms with Gasteiger partial charge in [-0.25, -0.2) is 4.21 Å². The zero-order valence-electron chi connectivity index (χ0n) is 8.51. The average Bonchev–Trinajstić information content (AvgIpc) is 2.64. The van der Waals surface area contributed by atoms with Crippen LogP contribution in [0.4, 0.5) is 0 Å². The number of hydrogen-bond acceptors (Lipinski definition) is 2. The van der Waals surface area contributed by atoms with Crippen molar-refractivity contribution in [1.29, 1.82) is 0 Å². The largest absolute Gasteiger partial charge is 0.456 e. The van der Waals surface area contributed by atoms with Crippen molar-refractivity contribution in [2.45, 2.75) is 4.90 Å². The highest BCUT2D eigenvalue weighted by Gasteiger charge is 2.09. The number of halogens is 1. The van der Waals surface area contributed by atoms with E-state index in [0.29, 0.717) is 21.1 Å². The van der Waals surface area contributed by atoms with Crippen LogP contribution >= 0.6 is 11.6 Å². The summed E-state index contributed by atoms with van der Waals surface area (Å²) in [5.41, 5.74) is 1.26. The fraction of sp³-hybridized carbons (Fsp3) is 0. The third kappa shape index (κ3) is 1.74. The van der Waals surface area contributed by atoms with Crippen molar-refractivity contribution in [2.75, 3.05) is 0 Å². The smallest absolute Gasteiger partial charge is 0.186 e. The highest BCUT2D eigenvalue weighted by Crippen LogP contribution is 2.31. The summed E-state index contributed by atoms with van der Waals surface area (Å²) in [4.78, 5) is 0.322. The number of fused-ring (bicyclic) bond motifs is 3. The van der Waals surface area contributed by atoms with Crippen LogP contribution in [0.2, 0.25) is 5.02 Å². The molecule has 0 fully saturated rings. The molecule has 0 aliphatic rings. The predicted molar refractivity (Wildman–Crippen MR) is 67.8 cm³/mol. The first-order valence-electron chi connectivity index (χ1n) is 4.88. The average molecular weight is 267 g/mol. The highest BCUT2D eigenvalue weighted by molar-refractivity contribution is 7.79. The molecule has 0 spiro atoms. The third-order valence-corrected chi connectivity index (χ3v) is 3.50. The van der Waals surface area contributed by atoms with Crippen LogP contribution in [0.3, 0.4) is 0 Å². The zero-order chi connectivity index (χ0) is 12.0. The van der Waals surface area contributed by atoms with Crippen LogP contribution in [0, 0.1) is 0 Å². The Labute approximate surface area is 104 Å². The van der Waals surface area contributed by atoms with Crippen molar-refractivity contribution in [3.05, 3.63) is 41.4 Å². The summed E-state index contributed by atoms with van der Waals surface area (Å²) in [5.74, 6) is 0. The summed E-state index contributed by atoms with van der Waals surface area (Å²) in [6, 6.07) is 10.3. The monoisotopic (exact) mass is 266 g/mol. The van der Waals surface area contributed by atoms with E-state index in [9.17, 15) is 4.21 Å². The lowest BCUT2D eigenvalue weighted by Gasteiger charge is -1.93. The molecule has 5 heteroatoms. The lowest BCUT2D eigenvalue weighted by atomic mass is 10.1. The van der Waals surface area contributed by atoms with Crippen molar-refractivity contribution in [3.63, 3.8) is 0 Å². The molecule has 1 unspecified atom stereocenters. The molecule has 86 valence electrons. The molecule has 0 aliphatic carbocycles. The van der Waals surface area contributed by atoms with E-state index in [2.05, 4.69) is 0 Å². The SMILES string of the molecule is O=S(O)c1ccc2c(c1)oc1cc(Cl)ccc12. The van der Waals surface area contributed by atoms with Crippen LogP contribution < -0.4 is 0 Å². The van der Waals surface area contributed by atoms with Gasteiger partial charge in [0.15, 0.2) is 11.1 Å². The van der Waals surface area contributed by atoms with Gasteiger partial charge < -0.3 is 8.97 Å². The molecular formula is C12H7ClO3S. The second kappa shape index (κ2) is 3.84. The maximum atomic E-state index is 11.0. The Hall–Kier alpha value is -1.36. The molecule has 17 heavy (non-hydrogen) atoms. The van der Waals surface area contributed by atoms with E-state index in [-0.39, 0.29) is 0 Å². The van der Waals surface area contributed by atoms with E-state index >= 15 is 0 Å². The summed E-state index contributed by atoms with van der Waals surface area (Å²) >= 11 is 3.88. The molecule has 0 saturated heterocycles. The molecule has 0 saturated carbocycles. The molecule has 3 aromatic rings. The maximum absolute atomic E-state index is 11.0. The van der Waals surface area contributed by atoms with Gasteiger partial charge in [-0.2, -0.15) is 0 Å². The summed E-state index contributed by atoms with van der Waals surface area (Å²) in [5, 5.41) is 2.45. The first-order chi connectivity index (χ1) is 8.15. The van der Waals surface area contributed by atoms with E-state index in [1.807, 2.05) is 6.07 Å². The van der Waals surface area contributed by atoms with Crippen LogP contribution in [-0.2, 0) is 11.1 Å². The Morgan fingerprint density at radius 1 is 1.06 bits per heavy atom. The van der Waals surface area contributed by atoms with Crippen molar-refractivity contribution >= 4 is 44.6 Å². The second-order valence-corrected chi connectivity index (χ2v) is 5.06. The summed E-state index contributed by atoms with van der Waals surface area (Å²) < 4.78 is 25.6. The zero-order valence-corrected chi connectivity index (χ0v) is 10.1. The Morgan fingerprint density at radius 3 is 2.41 bits per heavy atom. The molecular weight excluding hydrogens is 260 g/mol. The van der Waals surface area contributed by atoms with Crippen molar-refractivity contribution in [3.8, 4) is 0 Å². The van der Waals surface area contributed by atoms with Gasteiger partial charge in [0.25, 0.3) is 0 Å². The van der Waals surface area contributed by atoms with Crippen LogP contribution in [0.5, 0.6) is 0 Å². The Kier molecular flexibility index (Phi) is 2.43. The lowest BCUT2D eigenvalue weighted by molar-refractivity contribution is 0.564. The number of rotatable bonds is 1. The first kappa shape index (κ1) is 10.8. The van der Waals surface area contributed by atoms with E-state index in [4.69, 9.17) is 20.6 Å². The minimum atomic E-state index is -2.00. The van der Waals surface area contributed by atoms with Crippen LogP contribution in [0.15, 0.2) is 45.7 Å². The minimum Gasteiger partial charge on any atom is -0.456 e. The van der Waals surface area contributed by atoms with E-state index in [0.717, 1.165) is 10.8 Å². The fourth-order valence-corrected chi connectivity index (χ4v) is 2.39. The molecule has 1 aromatic heterocycles. The van der Waals surface area contributed by atoms with Gasteiger partial charge in [-0.3, -0.25) is 0 Å². The Morgan fingerprint density at radius 2 is 1.71 bits per heavy atom. The minimum absolute atomic E-state index is 0.322. The fourth-order valence-electron chi connectivity index (χ4n) is 1.84. The Bertz CT molecular complexity index is 748. The number of hydrogen-bond donors (Lipinski definition) is 1. The van der Waals surface area contributed by atoms with Gasteiger partial charge in [0.05, 0.1) is 4.90 Å². The summed E-state index contributed by atoms with van der Waals surface area (Å²) in [6.07, 6.45) is 0.